The van der Waals surface area contributed by atoms with Gasteiger partial charge in [-0.1, -0.05) is 12.1 Å². The average molecular weight is 496 g/mol. The number of anilines is 4. The summed E-state index contributed by atoms with van der Waals surface area (Å²) in [5.74, 6) is 1.76. The summed E-state index contributed by atoms with van der Waals surface area (Å²) < 4.78 is 25.1. The second kappa shape index (κ2) is 12.9. The Morgan fingerprint density at radius 3 is 2.72 bits per heavy atom. The lowest BCUT2D eigenvalue weighted by molar-refractivity contribution is 0.106. The molecule has 0 spiro atoms. The third kappa shape index (κ3) is 7.70. The van der Waals surface area contributed by atoms with E-state index in [1.165, 1.54) is 12.1 Å². The van der Waals surface area contributed by atoms with E-state index in [0.717, 1.165) is 31.5 Å². The van der Waals surface area contributed by atoms with Gasteiger partial charge in [-0.2, -0.15) is 9.97 Å². The molecule has 0 atom stereocenters. The van der Waals surface area contributed by atoms with Gasteiger partial charge in [-0.05, 0) is 50.2 Å². The summed E-state index contributed by atoms with van der Waals surface area (Å²) in [5.41, 5.74) is 1.43. The number of nitrogens with one attached hydrogen (secondary N) is 3. The number of hydrogen-bond acceptors (Lipinski definition) is 9. The molecule has 1 aliphatic rings. The van der Waals surface area contributed by atoms with Gasteiger partial charge in [0.2, 0.25) is 11.8 Å². The molecule has 192 valence electrons. The molecule has 0 radical (unpaired) electrons. The van der Waals surface area contributed by atoms with Crippen molar-refractivity contribution in [3.8, 4) is 5.88 Å². The first-order chi connectivity index (χ1) is 17.6. The van der Waals surface area contributed by atoms with Crippen LogP contribution >= 0.6 is 0 Å². The molecular formula is C26H34FN7O2. The van der Waals surface area contributed by atoms with Gasteiger partial charge in [0.15, 0.2) is 0 Å². The number of likely N-dealkylation sites (tertiary alicyclic amines) is 1. The molecule has 1 saturated heterocycles. The molecule has 2 aromatic heterocycles. The lowest BCUT2D eigenvalue weighted by Gasteiger charge is -2.29. The molecule has 10 heteroatoms. The van der Waals surface area contributed by atoms with Crippen LogP contribution in [0.15, 0.2) is 61.3 Å². The zero-order chi connectivity index (χ0) is 25.2. The maximum Gasteiger partial charge on any atom is 0.229 e. The molecule has 0 saturated carbocycles. The van der Waals surface area contributed by atoms with Gasteiger partial charge in [-0.25, -0.2) is 9.37 Å². The predicted octanol–water partition coefficient (Wildman–Crippen LogP) is 4.47. The van der Waals surface area contributed by atoms with E-state index in [2.05, 4.69) is 49.4 Å². The number of benzene rings is 1. The molecule has 3 aromatic rings. The van der Waals surface area contributed by atoms with E-state index < -0.39 is 0 Å². The number of pyridine rings is 1. The molecule has 1 fully saturated rings. The Morgan fingerprint density at radius 2 is 1.94 bits per heavy atom. The maximum atomic E-state index is 13.3. The molecule has 9 nitrogen and oxygen atoms in total. The summed E-state index contributed by atoms with van der Waals surface area (Å²) in [4.78, 5) is 16.0. The van der Waals surface area contributed by atoms with E-state index in [1.54, 1.807) is 24.4 Å². The second-order valence-electron chi connectivity index (χ2n) is 8.54. The van der Waals surface area contributed by atoms with Crippen LogP contribution in [0.2, 0.25) is 0 Å². The van der Waals surface area contributed by atoms with Crippen LogP contribution in [0.5, 0.6) is 5.88 Å². The minimum absolute atomic E-state index is 0. The number of halogens is 1. The molecule has 3 N–H and O–H groups in total. The number of nitrogens with zero attached hydrogens (tertiary/aromatic N) is 4. The smallest absolute Gasteiger partial charge is 0.229 e. The molecule has 1 aromatic carbocycles. The van der Waals surface area contributed by atoms with Crippen molar-refractivity contribution < 1.29 is 15.3 Å². The topological polar surface area (TPSA) is 96.5 Å². The Balaban J connectivity index is 0.00000380. The van der Waals surface area contributed by atoms with Gasteiger partial charge >= 0.3 is 0 Å². The molecule has 4 rings (SSSR count). The lowest BCUT2D eigenvalue weighted by atomic mass is 10.1. The van der Waals surface area contributed by atoms with Gasteiger partial charge in [0, 0.05) is 44.6 Å². The van der Waals surface area contributed by atoms with Crippen LogP contribution < -0.4 is 20.7 Å². The third-order valence-corrected chi connectivity index (χ3v) is 5.64. The highest BCUT2D eigenvalue weighted by atomic mass is 19.1. The largest absolute Gasteiger partial charge is 0.474 e. The molecule has 0 amide bonds. The van der Waals surface area contributed by atoms with Crippen LogP contribution in [0.1, 0.15) is 19.8 Å². The first kappa shape index (κ1) is 25.5. The summed E-state index contributed by atoms with van der Waals surface area (Å²) in [6.07, 6.45) is 5.56. The van der Waals surface area contributed by atoms with Crippen LogP contribution in [0.4, 0.5) is 27.7 Å². The van der Waals surface area contributed by atoms with Crippen molar-refractivity contribution >= 4 is 23.3 Å². The fraction of sp³-hybridized carbons (Fsp3) is 0.346. The zero-order valence-corrected chi connectivity index (χ0v) is 20.4. The fourth-order valence-electron chi connectivity index (χ4n) is 3.68. The summed E-state index contributed by atoms with van der Waals surface area (Å²) in [5, 5.41) is 9.47. The van der Waals surface area contributed by atoms with Crippen molar-refractivity contribution in [1.29, 1.82) is 0 Å². The van der Waals surface area contributed by atoms with Crippen LogP contribution in [0.25, 0.3) is 0 Å². The van der Waals surface area contributed by atoms with Gasteiger partial charge in [0.05, 0.1) is 13.3 Å². The standard InChI is InChI=1S/C26H32FN7O2.H2/c1-3-13-28-18-35-17-19-16-29-26(30-21-9-7-20(27)8-10-21)33-25(19)32-23-5-4-6-24(31-23)36-22-11-14-34(2)15-12-22;/h3-10,16,22,28H,1,11-15,17-18H2,2H3,(H2,29,30,31,32,33);1H. The molecule has 3 heterocycles. The predicted molar refractivity (Wildman–Crippen MR) is 140 cm³/mol. The van der Waals surface area contributed by atoms with E-state index in [0.29, 0.717) is 42.4 Å². The van der Waals surface area contributed by atoms with Crippen molar-refractivity contribution in [3.05, 3.63) is 72.7 Å². The van der Waals surface area contributed by atoms with E-state index in [4.69, 9.17) is 9.47 Å². The number of aromatic nitrogens is 3. The van der Waals surface area contributed by atoms with Gasteiger partial charge < -0.3 is 25.0 Å². The third-order valence-electron chi connectivity index (χ3n) is 5.64. The number of hydrogen-bond donors (Lipinski definition) is 3. The first-order valence-corrected chi connectivity index (χ1v) is 12.0. The maximum absolute atomic E-state index is 13.3. The highest BCUT2D eigenvalue weighted by Gasteiger charge is 2.18. The Morgan fingerprint density at radius 1 is 1.14 bits per heavy atom. The Hall–Kier alpha value is -3.60. The summed E-state index contributed by atoms with van der Waals surface area (Å²) in [6, 6.07) is 11.6. The molecule has 36 heavy (non-hydrogen) atoms. The quantitative estimate of drug-likeness (QED) is 0.191. The minimum Gasteiger partial charge on any atom is -0.474 e. The Bertz CT molecular complexity index is 1130. The number of rotatable bonds is 12. The van der Waals surface area contributed by atoms with Crippen molar-refractivity contribution in [2.75, 3.05) is 44.0 Å². The number of piperidine rings is 1. The van der Waals surface area contributed by atoms with Crippen LogP contribution in [-0.4, -0.2) is 59.4 Å². The molecule has 0 aliphatic carbocycles. The van der Waals surface area contributed by atoms with Gasteiger partial charge in [0.25, 0.3) is 0 Å². The highest BCUT2D eigenvalue weighted by molar-refractivity contribution is 5.60. The monoisotopic (exact) mass is 495 g/mol. The summed E-state index contributed by atoms with van der Waals surface area (Å²) in [6.45, 7) is 7.00. The number of ether oxygens (including phenoxy) is 2. The van der Waals surface area contributed by atoms with E-state index in [9.17, 15) is 4.39 Å². The highest BCUT2D eigenvalue weighted by Crippen LogP contribution is 2.24. The van der Waals surface area contributed by atoms with E-state index in [1.807, 2.05) is 18.2 Å². The Labute approximate surface area is 212 Å². The lowest BCUT2D eigenvalue weighted by Crippen LogP contribution is -2.35. The molecule has 0 bridgehead atoms. The van der Waals surface area contributed by atoms with E-state index in [-0.39, 0.29) is 20.0 Å². The van der Waals surface area contributed by atoms with Crippen LogP contribution in [-0.2, 0) is 11.3 Å². The van der Waals surface area contributed by atoms with Crippen LogP contribution in [0, 0.1) is 5.82 Å². The first-order valence-electron chi connectivity index (χ1n) is 12.0. The van der Waals surface area contributed by atoms with Crippen LogP contribution in [0.3, 0.4) is 0 Å². The fourth-order valence-corrected chi connectivity index (χ4v) is 3.68. The molecule has 1 aliphatic heterocycles. The average Bonchev–Trinajstić information content (AvgIpc) is 2.88. The van der Waals surface area contributed by atoms with Crippen molar-refractivity contribution in [3.63, 3.8) is 0 Å². The van der Waals surface area contributed by atoms with Gasteiger partial charge in [-0.15, -0.1) is 6.58 Å². The molecule has 0 unspecified atom stereocenters. The van der Waals surface area contributed by atoms with Crippen molar-refractivity contribution in [2.24, 2.45) is 0 Å². The SMILES string of the molecule is C=CCNCOCc1cnc(Nc2ccc(F)cc2)nc1Nc1cccc(OC2CCN(C)CC2)n1.[HH]. The normalized spacial score (nSPS) is 14.4. The zero-order valence-electron chi connectivity index (χ0n) is 20.4. The minimum atomic E-state index is -0.310. The second-order valence-corrected chi connectivity index (χ2v) is 8.54. The summed E-state index contributed by atoms with van der Waals surface area (Å²) in [7, 11) is 2.12. The van der Waals surface area contributed by atoms with Gasteiger partial charge in [0.1, 0.15) is 23.6 Å². The summed E-state index contributed by atoms with van der Waals surface area (Å²) >= 11 is 0. The van der Waals surface area contributed by atoms with Crippen molar-refractivity contribution in [1.82, 2.24) is 25.2 Å². The Kier molecular flexibility index (Phi) is 9.15. The van der Waals surface area contributed by atoms with E-state index >= 15 is 0 Å². The van der Waals surface area contributed by atoms with Gasteiger partial charge in [-0.3, -0.25) is 5.32 Å². The molecular weight excluding hydrogens is 461 g/mol. The van der Waals surface area contributed by atoms with Crippen molar-refractivity contribution in [2.45, 2.75) is 25.6 Å².